The molecule has 0 aliphatic carbocycles. The molecule has 0 saturated heterocycles. The van der Waals surface area contributed by atoms with Gasteiger partial charge in [0.15, 0.2) is 5.69 Å². The number of carbonyl (C=O) groups is 5. The maximum absolute atomic E-state index is 13.5. The lowest BCUT2D eigenvalue weighted by Crippen LogP contribution is -2.56. The minimum absolute atomic E-state index is 0.128. The highest BCUT2D eigenvalue weighted by molar-refractivity contribution is 5.93. The monoisotopic (exact) mass is 585 g/mol. The highest BCUT2D eigenvalue weighted by Crippen LogP contribution is 2.20. The molecule has 3 rings (SSSR count). The molecule has 0 saturated carbocycles. The molecular formula is C30H43N5O7. The van der Waals surface area contributed by atoms with E-state index >= 15 is 0 Å². The molecule has 1 aromatic heterocycles. The molecule has 4 amide bonds. The quantitative estimate of drug-likeness (QED) is 0.363. The van der Waals surface area contributed by atoms with Gasteiger partial charge in [0, 0.05) is 25.3 Å². The molecule has 0 fully saturated rings. The molecule has 1 aliphatic rings. The molecule has 12 heteroatoms. The van der Waals surface area contributed by atoms with Crippen LogP contribution in [0.3, 0.4) is 0 Å². The molecule has 2 bridgehead atoms. The minimum atomic E-state index is -0.861. The number of oxazole rings is 1. The predicted octanol–water partition coefficient (Wildman–Crippen LogP) is 2.75. The van der Waals surface area contributed by atoms with Gasteiger partial charge in [-0.2, -0.15) is 0 Å². The average Bonchev–Trinajstić information content (AvgIpc) is 3.39. The lowest BCUT2D eigenvalue weighted by molar-refractivity contribution is -0.135. The van der Waals surface area contributed by atoms with Crippen molar-refractivity contribution in [2.24, 2.45) is 11.3 Å². The third-order valence-corrected chi connectivity index (χ3v) is 6.41. The molecule has 5 N–H and O–H groups in total. The lowest BCUT2D eigenvalue weighted by Gasteiger charge is -2.28. The average molecular weight is 586 g/mol. The second kappa shape index (κ2) is 15.7. The van der Waals surface area contributed by atoms with Gasteiger partial charge in [-0.15, -0.1) is 0 Å². The fraction of sp³-hybridized carbons (Fsp3) is 0.533. The largest absolute Gasteiger partial charge is 0.481 e. The number of rotatable bonds is 4. The first kappa shape index (κ1) is 34.0. The third-order valence-electron chi connectivity index (χ3n) is 6.41. The molecule has 0 unspecified atom stereocenters. The first-order valence-electron chi connectivity index (χ1n) is 14.1. The Labute approximate surface area is 246 Å². The van der Waals surface area contributed by atoms with Crippen LogP contribution in [0.5, 0.6) is 0 Å². The van der Waals surface area contributed by atoms with Crippen LogP contribution in [0.15, 0.2) is 41.0 Å². The maximum Gasteiger partial charge on any atom is 0.300 e. The van der Waals surface area contributed by atoms with Crippen molar-refractivity contribution < 1.29 is 33.5 Å². The van der Waals surface area contributed by atoms with Gasteiger partial charge in [-0.25, -0.2) is 4.98 Å². The first-order valence-corrected chi connectivity index (χ1v) is 14.1. The third kappa shape index (κ3) is 11.0. The molecule has 2 heterocycles. The van der Waals surface area contributed by atoms with Crippen LogP contribution in [-0.4, -0.2) is 58.3 Å². The number of carboxylic acid groups (broad SMARTS) is 1. The number of fused-ring (bicyclic) bond motifs is 2. The second-order valence-corrected chi connectivity index (χ2v) is 11.6. The van der Waals surface area contributed by atoms with Crippen molar-refractivity contribution in [2.45, 2.75) is 85.4 Å². The summed E-state index contributed by atoms with van der Waals surface area (Å²) in [6, 6.07) is 7.18. The predicted molar refractivity (Wildman–Crippen MR) is 155 cm³/mol. The number of aliphatic carboxylic acids is 1. The zero-order valence-corrected chi connectivity index (χ0v) is 25.2. The summed E-state index contributed by atoms with van der Waals surface area (Å²) in [5.41, 5.74) is 0.381. The maximum atomic E-state index is 13.5. The zero-order chi connectivity index (χ0) is 31.4. The van der Waals surface area contributed by atoms with Crippen LogP contribution in [0.1, 0.15) is 88.8 Å². The van der Waals surface area contributed by atoms with E-state index in [1.807, 2.05) is 44.2 Å². The Morgan fingerprint density at radius 2 is 1.71 bits per heavy atom. The molecule has 230 valence electrons. The Bertz CT molecular complexity index is 1220. The number of hydrogen-bond acceptors (Lipinski definition) is 7. The zero-order valence-electron chi connectivity index (χ0n) is 25.2. The van der Waals surface area contributed by atoms with Crippen LogP contribution in [0.25, 0.3) is 0 Å². The molecule has 42 heavy (non-hydrogen) atoms. The van der Waals surface area contributed by atoms with Crippen molar-refractivity contribution in [1.29, 1.82) is 0 Å². The fourth-order valence-corrected chi connectivity index (χ4v) is 4.06. The SMILES string of the molecule is CC(=O)O.CC(C)[C@@H]1NC(=O)[C@@H](NC(=O)C(C)(C)C)CCCCNC(=O)c2coc(n2)[C@@H](Cc2ccccc2)NC1=O. The summed E-state index contributed by atoms with van der Waals surface area (Å²) in [5, 5.41) is 18.9. The summed E-state index contributed by atoms with van der Waals surface area (Å²) < 4.78 is 5.63. The van der Waals surface area contributed by atoms with E-state index < -0.39 is 41.3 Å². The highest BCUT2D eigenvalue weighted by Gasteiger charge is 2.33. The van der Waals surface area contributed by atoms with Gasteiger partial charge >= 0.3 is 0 Å². The Morgan fingerprint density at radius 3 is 2.31 bits per heavy atom. The molecule has 0 spiro atoms. The molecule has 1 aliphatic heterocycles. The van der Waals surface area contributed by atoms with E-state index in [1.165, 1.54) is 6.26 Å². The number of hydrogen-bond donors (Lipinski definition) is 5. The molecule has 0 radical (unpaired) electrons. The summed E-state index contributed by atoms with van der Waals surface area (Å²) >= 11 is 0. The van der Waals surface area contributed by atoms with Crippen molar-refractivity contribution in [3.8, 4) is 0 Å². The topological polar surface area (TPSA) is 180 Å². The minimum Gasteiger partial charge on any atom is -0.481 e. The summed E-state index contributed by atoms with van der Waals surface area (Å²) in [6.07, 6.45) is 3.19. The van der Waals surface area contributed by atoms with Crippen LogP contribution in [0.4, 0.5) is 0 Å². The van der Waals surface area contributed by atoms with E-state index in [2.05, 4.69) is 26.3 Å². The molecule has 3 atom stereocenters. The van der Waals surface area contributed by atoms with Gasteiger partial charge < -0.3 is 30.8 Å². The van der Waals surface area contributed by atoms with Gasteiger partial charge in [-0.05, 0) is 30.7 Å². The van der Waals surface area contributed by atoms with Crippen molar-refractivity contribution in [1.82, 2.24) is 26.3 Å². The van der Waals surface area contributed by atoms with Crippen molar-refractivity contribution in [2.75, 3.05) is 6.54 Å². The summed E-state index contributed by atoms with van der Waals surface area (Å²) in [4.78, 5) is 65.5. The van der Waals surface area contributed by atoms with E-state index in [0.29, 0.717) is 32.2 Å². The standard InChI is InChI=1S/C28H39N5O5.C2H4O2/c1-17(2)22-25(36)30-20(15-18-11-7-6-8-12-18)26-31-21(16-38-26)23(34)29-14-10-9-13-19(24(35)33-22)32-27(37)28(3,4)5;1-2(3)4/h6-8,11-12,16-17,19-20,22H,9-10,13-15H2,1-5H3,(H,29,34)(H,30,36)(H,32,37)(H,33,35);1H3,(H,3,4)/t19-,20+,22-;/m0./s1. The van der Waals surface area contributed by atoms with Crippen molar-refractivity contribution in [3.63, 3.8) is 0 Å². The Balaban J connectivity index is 0.00000144. The molecule has 2 aromatic rings. The van der Waals surface area contributed by atoms with Gasteiger partial charge in [0.2, 0.25) is 23.6 Å². The van der Waals surface area contributed by atoms with Crippen LogP contribution in [0.2, 0.25) is 0 Å². The smallest absolute Gasteiger partial charge is 0.300 e. The van der Waals surface area contributed by atoms with E-state index in [0.717, 1.165) is 12.5 Å². The molecule has 1 aromatic carbocycles. The van der Waals surface area contributed by atoms with E-state index in [-0.39, 0.29) is 29.3 Å². The van der Waals surface area contributed by atoms with Crippen molar-refractivity contribution in [3.05, 3.63) is 53.7 Å². The first-order chi connectivity index (χ1) is 19.7. The Morgan fingerprint density at radius 1 is 1.07 bits per heavy atom. The van der Waals surface area contributed by atoms with Crippen LogP contribution >= 0.6 is 0 Å². The number of nitrogens with zero attached hydrogens (tertiary/aromatic N) is 1. The Kier molecular flexibility index (Phi) is 12.7. The number of carbonyl (C=O) groups excluding carboxylic acids is 4. The van der Waals surface area contributed by atoms with Crippen molar-refractivity contribution >= 4 is 29.6 Å². The van der Waals surface area contributed by atoms with Gasteiger partial charge in [-0.1, -0.05) is 65.0 Å². The lowest BCUT2D eigenvalue weighted by atomic mass is 9.94. The van der Waals surface area contributed by atoms with E-state index in [4.69, 9.17) is 14.3 Å². The van der Waals surface area contributed by atoms with E-state index in [1.54, 1.807) is 20.8 Å². The number of nitrogens with one attached hydrogen (secondary N) is 4. The van der Waals surface area contributed by atoms with Crippen LogP contribution in [-0.2, 0) is 25.6 Å². The van der Waals surface area contributed by atoms with Crippen LogP contribution in [0, 0.1) is 11.3 Å². The fourth-order valence-electron chi connectivity index (χ4n) is 4.06. The van der Waals surface area contributed by atoms with Gasteiger partial charge in [0.05, 0.1) is 0 Å². The number of benzene rings is 1. The number of carboxylic acids is 1. The highest BCUT2D eigenvalue weighted by atomic mass is 16.4. The summed E-state index contributed by atoms with van der Waals surface area (Å²) in [7, 11) is 0. The Hall–Kier alpha value is -4.22. The number of aromatic nitrogens is 1. The van der Waals surface area contributed by atoms with Gasteiger partial charge in [0.1, 0.15) is 24.4 Å². The van der Waals surface area contributed by atoms with Gasteiger partial charge in [-0.3, -0.25) is 24.0 Å². The summed E-state index contributed by atoms with van der Waals surface area (Å²) in [6.45, 7) is 10.5. The van der Waals surface area contributed by atoms with E-state index in [9.17, 15) is 19.2 Å². The summed E-state index contributed by atoms with van der Waals surface area (Å²) in [5.74, 6) is -2.35. The normalized spacial score (nSPS) is 20.4. The van der Waals surface area contributed by atoms with Crippen LogP contribution < -0.4 is 21.3 Å². The number of amides is 4. The second-order valence-electron chi connectivity index (χ2n) is 11.6. The van der Waals surface area contributed by atoms with Gasteiger partial charge in [0.25, 0.3) is 11.9 Å². The molecular weight excluding hydrogens is 542 g/mol. The molecule has 12 nitrogen and oxygen atoms in total.